The van der Waals surface area contributed by atoms with Crippen LogP contribution in [0, 0.1) is 0 Å². The van der Waals surface area contributed by atoms with Crippen LogP contribution in [0.1, 0.15) is 37.9 Å². The van der Waals surface area contributed by atoms with E-state index < -0.39 is 0 Å². The molecule has 5 nitrogen and oxygen atoms in total. The van der Waals surface area contributed by atoms with E-state index in [1.807, 2.05) is 25.1 Å². The third-order valence-corrected chi connectivity index (χ3v) is 4.48. The summed E-state index contributed by atoms with van der Waals surface area (Å²) in [5.41, 5.74) is 1.17. The molecule has 22 heavy (non-hydrogen) atoms. The molecule has 2 heterocycles. The van der Waals surface area contributed by atoms with Gasteiger partial charge < -0.3 is 20.1 Å². The van der Waals surface area contributed by atoms with Crippen LogP contribution in [0.3, 0.4) is 0 Å². The van der Waals surface area contributed by atoms with Gasteiger partial charge >= 0.3 is 6.03 Å². The second-order valence-corrected chi connectivity index (χ2v) is 6.08. The van der Waals surface area contributed by atoms with Crippen molar-refractivity contribution >= 4 is 6.03 Å². The zero-order valence-corrected chi connectivity index (χ0v) is 13.0. The number of ether oxygens (including phenoxy) is 2. The van der Waals surface area contributed by atoms with Gasteiger partial charge in [-0.15, -0.1) is 0 Å². The normalized spacial score (nSPS) is 31.7. The lowest BCUT2D eigenvalue weighted by molar-refractivity contribution is 0.00215. The van der Waals surface area contributed by atoms with Crippen molar-refractivity contribution in [2.24, 2.45) is 0 Å². The summed E-state index contributed by atoms with van der Waals surface area (Å²) in [7, 11) is 0. The number of benzene rings is 1. The Labute approximate surface area is 131 Å². The van der Waals surface area contributed by atoms with Crippen LogP contribution in [0.4, 0.5) is 4.79 Å². The van der Waals surface area contributed by atoms with Crippen LogP contribution < -0.4 is 10.6 Å². The van der Waals surface area contributed by atoms with Gasteiger partial charge in [-0.3, -0.25) is 0 Å². The molecule has 0 bridgehead atoms. The van der Waals surface area contributed by atoms with E-state index in [1.165, 1.54) is 5.56 Å². The topological polar surface area (TPSA) is 59.6 Å². The van der Waals surface area contributed by atoms with Crippen LogP contribution in [-0.4, -0.2) is 37.4 Å². The summed E-state index contributed by atoms with van der Waals surface area (Å²) in [5, 5.41) is 6.10. The van der Waals surface area contributed by atoms with Crippen molar-refractivity contribution in [3.8, 4) is 0 Å². The second kappa shape index (κ2) is 7.11. The highest BCUT2D eigenvalue weighted by Crippen LogP contribution is 2.27. The molecular weight excluding hydrogens is 280 g/mol. The van der Waals surface area contributed by atoms with Crippen LogP contribution >= 0.6 is 0 Å². The van der Waals surface area contributed by atoms with E-state index in [9.17, 15) is 4.79 Å². The molecule has 0 radical (unpaired) electrons. The first-order valence-electron chi connectivity index (χ1n) is 8.07. The van der Waals surface area contributed by atoms with Crippen molar-refractivity contribution in [3.63, 3.8) is 0 Å². The minimum Gasteiger partial charge on any atom is -0.376 e. The van der Waals surface area contributed by atoms with Gasteiger partial charge in [0.15, 0.2) is 0 Å². The maximum atomic E-state index is 12.1. The zero-order chi connectivity index (χ0) is 15.4. The number of nitrogens with one attached hydrogen (secondary N) is 2. The minimum absolute atomic E-state index is 0.0639. The van der Waals surface area contributed by atoms with Crippen molar-refractivity contribution in [1.29, 1.82) is 0 Å². The van der Waals surface area contributed by atoms with Crippen LogP contribution in [0.15, 0.2) is 30.3 Å². The Hall–Kier alpha value is -1.59. The van der Waals surface area contributed by atoms with Crippen molar-refractivity contribution in [2.75, 3.05) is 13.2 Å². The Morgan fingerprint density at radius 3 is 2.59 bits per heavy atom. The molecule has 4 atom stereocenters. The van der Waals surface area contributed by atoms with Gasteiger partial charge in [-0.1, -0.05) is 30.3 Å². The largest absolute Gasteiger partial charge is 0.376 e. The van der Waals surface area contributed by atoms with Gasteiger partial charge in [-0.2, -0.15) is 0 Å². The molecule has 0 aromatic heterocycles. The third kappa shape index (κ3) is 3.78. The molecule has 2 saturated heterocycles. The van der Waals surface area contributed by atoms with Gasteiger partial charge in [0, 0.05) is 19.3 Å². The van der Waals surface area contributed by atoms with Gasteiger partial charge in [0.25, 0.3) is 0 Å². The smallest absolute Gasteiger partial charge is 0.315 e. The van der Waals surface area contributed by atoms with E-state index >= 15 is 0 Å². The monoisotopic (exact) mass is 304 g/mol. The van der Waals surface area contributed by atoms with E-state index in [1.54, 1.807) is 0 Å². The highest BCUT2D eigenvalue weighted by atomic mass is 16.5. The fourth-order valence-electron chi connectivity index (χ4n) is 3.14. The molecule has 1 aromatic carbocycles. The minimum atomic E-state index is -0.0962. The Kier molecular flexibility index (Phi) is 4.95. The van der Waals surface area contributed by atoms with E-state index in [4.69, 9.17) is 9.47 Å². The fraction of sp³-hybridized carbons (Fsp3) is 0.588. The molecular formula is C17H24N2O3. The average molecular weight is 304 g/mol. The summed E-state index contributed by atoms with van der Waals surface area (Å²) in [6.45, 7) is 3.39. The molecule has 0 saturated carbocycles. The van der Waals surface area contributed by atoms with Crippen LogP contribution in [0.25, 0.3) is 0 Å². The number of carbonyl (C=O) groups excluding carboxylic acids is 1. The van der Waals surface area contributed by atoms with Crippen molar-refractivity contribution in [1.82, 2.24) is 10.6 Å². The van der Waals surface area contributed by atoms with Crippen LogP contribution in [-0.2, 0) is 9.47 Å². The summed E-state index contributed by atoms with van der Waals surface area (Å²) in [6, 6.07) is 10.4. The predicted octanol–water partition coefficient (Wildman–Crippen LogP) is 2.38. The van der Waals surface area contributed by atoms with Gasteiger partial charge in [-0.05, 0) is 31.7 Å². The van der Waals surface area contributed by atoms with Gasteiger partial charge in [-0.25, -0.2) is 4.79 Å². The zero-order valence-electron chi connectivity index (χ0n) is 13.0. The number of rotatable bonds is 3. The molecule has 0 spiro atoms. The first-order chi connectivity index (χ1) is 10.7. The van der Waals surface area contributed by atoms with E-state index in [-0.39, 0.29) is 30.3 Å². The molecule has 120 valence electrons. The molecule has 1 aromatic rings. The summed E-state index contributed by atoms with van der Waals surface area (Å²) < 4.78 is 11.3. The van der Waals surface area contributed by atoms with E-state index in [0.717, 1.165) is 25.9 Å². The number of urea groups is 1. The SMILES string of the molecule is CC1OCCC1NC(=O)NC1CCOC(c2ccccc2)C1. The molecule has 0 aliphatic carbocycles. The van der Waals surface area contributed by atoms with Crippen molar-refractivity contribution in [2.45, 2.75) is 50.5 Å². The van der Waals surface area contributed by atoms with E-state index in [0.29, 0.717) is 6.61 Å². The average Bonchev–Trinajstić information content (AvgIpc) is 2.93. The highest BCUT2D eigenvalue weighted by molar-refractivity contribution is 5.74. The number of hydrogen-bond acceptors (Lipinski definition) is 3. The van der Waals surface area contributed by atoms with E-state index in [2.05, 4.69) is 22.8 Å². The first kappa shape index (κ1) is 15.3. The van der Waals surface area contributed by atoms with Crippen molar-refractivity contribution < 1.29 is 14.3 Å². The first-order valence-corrected chi connectivity index (χ1v) is 8.07. The highest BCUT2D eigenvalue weighted by Gasteiger charge is 2.28. The number of amides is 2. The standard InChI is InChI=1S/C17H24N2O3/c1-12-15(8-10-21-12)19-17(20)18-14-7-9-22-16(11-14)13-5-3-2-4-6-13/h2-6,12,14-16H,7-11H2,1H3,(H2,18,19,20). The van der Waals surface area contributed by atoms with Crippen LogP contribution in [0.2, 0.25) is 0 Å². The molecule has 2 aliphatic heterocycles. The Bertz CT molecular complexity index is 494. The number of hydrogen-bond donors (Lipinski definition) is 2. The molecule has 5 heteroatoms. The Morgan fingerprint density at radius 1 is 1.09 bits per heavy atom. The molecule has 2 fully saturated rings. The van der Waals surface area contributed by atoms with Gasteiger partial charge in [0.2, 0.25) is 0 Å². The lowest BCUT2D eigenvalue weighted by Gasteiger charge is -2.31. The number of carbonyl (C=O) groups is 1. The molecule has 3 rings (SSSR count). The maximum absolute atomic E-state index is 12.1. The molecule has 2 N–H and O–H groups in total. The lowest BCUT2D eigenvalue weighted by Crippen LogP contribution is -2.49. The predicted molar refractivity (Wildman–Crippen MR) is 83.6 cm³/mol. The summed E-state index contributed by atoms with van der Waals surface area (Å²) in [5.74, 6) is 0. The fourth-order valence-corrected chi connectivity index (χ4v) is 3.14. The van der Waals surface area contributed by atoms with Crippen LogP contribution in [0.5, 0.6) is 0 Å². The summed E-state index contributed by atoms with van der Waals surface area (Å²) >= 11 is 0. The van der Waals surface area contributed by atoms with Gasteiger partial charge in [0.1, 0.15) is 0 Å². The maximum Gasteiger partial charge on any atom is 0.315 e. The second-order valence-electron chi connectivity index (χ2n) is 6.08. The van der Waals surface area contributed by atoms with Gasteiger partial charge in [0.05, 0.1) is 18.2 Å². The third-order valence-electron chi connectivity index (χ3n) is 4.48. The summed E-state index contributed by atoms with van der Waals surface area (Å²) in [4.78, 5) is 12.1. The Morgan fingerprint density at radius 2 is 1.86 bits per heavy atom. The quantitative estimate of drug-likeness (QED) is 0.901. The Balaban J connectivity index is 1.51. The molecule has 2 aliphatic rings. The summed E-state index contributed by atoms with van der Waals surface area (Å²) in [6.07, 6.45) is 2.71. The lowest BCUT2D eigenvalue weighted by atomic mass is 9.97. The molecule has 2 amide bonds. The molecule has 4 unspecified atom stereocenters. The van der Waals surface area contributed by atoms with Crippen molar-refractivity contribution in [3.05, 3.63) is 35.9 Å².